The molecule has 0 saturated heterocycles. The predicted molar refractivity (Wildman–Crippen MR) is 119 cm³/mol. The number of hydrogen-bond acceptors (Lipinski definition) is 7. The fourth-order valence-electron chi connectivity index (χ4n) is 2.77. The van der Waals surface area contributed by atoms with Crippen LogP contribution in [-0.4, -0.2) is 68.5 Å². The van der Waals surface area contributed by atoms with Gasteiger partial charge in [-0.25, -0.2) is 14.4 Å². The number of nitro groups is 1. The second-order valence-electron chi connectivity index (χ2n) is 9.44. The van der Waals surface area contributed by atoms with Crippen molar-refractivity contribution in [2.45, 2.75) is 72.1 Å². The Labute approximate surface area is 193 Å². The van der Waals surface area contributed by atoms with Crippen LogP contribution in [0.2, 0.25) is 0 Å². The Balaban J connectivity index is 2.69. The molecule has 1 aromatic heterocycles. The fraction of sp³-hybridized carbons (Fsp3) is 0.667. The van der Waals surface area contributed by atoms with Gasteiger partial charge in [0.05, 0.1) is 11.1 Å². The van der Waals surface area contributed by atoms with Crippen LogP contribution >= 0.6 is 0 Å². The quantitative estimate of drug-likeness (QED) is 0.298. The number of aryl methyl sites for hydroxylation is 1. The lowest BCUT2D eigenvalue weighted by molar-refractivity contribution is -0.384. The number of carbonyl (C=O) groups excluding carboxylic acids is 2. The third kappa shape index (κ3) is 10.7. The van der Waals surface area contributed by atoms with Crippen molar-refractivity contribution in [1.82, 2.24) is 14.8 Å². The first-order chi connectivity index (χ1) is 15.1. The molecule has 0 spiro atoms. The highest BCUT2D eigenvalue weighted by atomic mass is 16.6. The second kappa shape index (κ2) is 11.5. The summed E-state index contributed by atoms with van der Waals surface area (Å²) in [5.41, 5.74) is -1.81. The maximum absolute atomic E-state index is 12.6. The molecule has 0 bridgehead atoms. The van der Waals surface area contributed by atoms with E-state index < -0.39 is 34.3 Å². The molecule has 0 aromatic carbocycles. The minimum atomic E-state index is -1.26. The van der Waals surface area contributed by atoms with E-state index in [1.807, 2.05) is 0 Å². The van der Waals surface area contributed by atoms with Gasteiger partial charge in [-0.15, -0.1) is 0 Å². The molecule has 0 fully saturated rings. The molecule has 1 heterocycles. The molecule has 0 radical (unpaired) electrons. The van der Waals surface area contributed by atoms with E-state index in [0.717, 1.165) is 6.07 Å². The highest BCUT2D eigenvalue weighted by Crippen LogP contribution is 2.18. The minimum absolute atomic E-state index is 0.154. The third-order valence-electron chi connectivity index (χ3n) is 4.09. The van der Waals surface area contributed by atoms with Crippen molar-refractivity contribution in [3.63, 3.8) is 0 Å². The van der Waals surface area contributed by atoms with Gasteiger partial charge in [0.15, 0.2) is 0 Å². The van der Waals surface area contributed by atoms with Gasteiger partial charge in [0, 0.05) is 32.2 Å². The van der Waals surface area contributed by atoms with Gasteiger partial charge in [0.2, 0.25) is 0 Å². The van der Waals surface area contributed by atoms with Gasteiger partial charge in [-0.2, -0.15) is 0 Å². The van der Waals surface area contributed by atoms with E-state index in [4.69, 9.17) is 9.47 Å². The summed E-state index contributed by atoms with van der Waals surface area (Å²) in [6, 6.07) is 1.01. The van der Waals surface area contributed by atoms with Gasteiger partial charge in [0.1, 0.15) is 16.9 Å². The van der Waals surface area contributed by atoms with Crippen LogP contribution in [0.3, 0.4) is 0 Å². The van der Waals surface area contributed by atoms with E-state index in [0.29, 0.717) is 12.8 Å². The summed E-state index contributed by atoms with van der Waals surface area (Å²) in [5, 5.41) is 22.8. The van der Waals surface area contributed by atoms with Crippen LogP contribution < -0.4 is 5.32 Å². The molecule has 12 nitrogen and oxygen atoms in total. The SMILES string of the molecule is CC(C)(C)OC(=O)NCCN(CCCCn1cc([N+](=O)[O-])cc1C(=O)O)C(=O)OC(C)(C)C. The monoisotopic (exact) mass is 470 g/mol. The number of nitrogens with one attached hydrogen (secondary N) is 1. The average Bonchev–Trinajstić information content (AvgIpc) is 3.05. The van der Waals surface area contributed by atoms with Crippen molar-refractivity contribution < 1.29 is 33.9 Å². The van der Waals surface area contributed by atoms with Crippen molar-refractivity contribution in [3.8, 4) is 0 Å². The largest absolute Gasteiger partial charge is 0.477 e. The van der Waals surface area contributed by atoms with Gasteiger partial charge >= 0.3 is 18.2 Å². The fourth-order valence-corrected chi connectivity index (χ4v) is 2.77. The van der Waals surface area contributed by atoms with Gasteiger partial charge in [-0.3, -0.25) is 10.1 Å². The summed E-state index contributed by atoms with van der Waals surface area (Å²) in [7, 11) is 0. The molecular formula is C21H34N4O8. The Morgan fingerprint density at radius 1 is 1.09 bits per heavy atom. The zero-order valence-electron chi connectivity index (χ0n) is 20.0. The Bertz CT molecular complexity index is 851. The Morgan fingerprint density at radius 3 is 2.21 bits per heavy atom. The van der Waals surface area contributed by atoms with Gasteiger partial charge in [0.25, 0.3) is 5.69 Å². The molecule has 186 valence electrons. The first kappa shape index (κ1) is 27.7. The van der Waals surface area contributed by atoms with E-state index in [-0.39, 0.29) is 37.6 Å². The van der Waals surface area contributed by atoms with E-state index in [1.165, 1.54) is 15.7 Å². The van der Waals surface area contributed by atoms with Crippen LogP contribution in [0.1, 0.15) is 64.9 Å². The van der Waals surface area contributed by atoms with Crippen molar-refractivity contribution >= 4 is 23.8 Å². The number of ether oxygens (including phenoxy) is 2. The van der Waals surface area contributed by atoms with Crippen molar-refractivity contribution in [3.05, 3.63) is 28.1 Å². The number of unbranched alkanes of at least 4 members (excludes halogenated alkanes) is 1. The van der Waals surface area contributed by atoms with E-state index in [1.54, 1.807) is 41.5 Å². The second-order valence-corrected chi connectivity index (χ2v) is 9.44. The van der Waals surface area contributed by atoms with Crippen molar-refractivity contribution in [1.29, 1.82) is 0 Å². The molecule has 12 heteroatoms. The number of aromatic nitrogens is 1. The van der Waals surface area contributed by atoms with Gasteiger partial charge in [-0.05, 0) is 54.4 Å². The Kier molecular flexibility index (Phi) is 9.68. The number of rotatable bonds is 10. The standard InChI is InChI=1S/C21H34N4O8/c1-20(2,3)32-18(28)22-9-12-23(19(29)33-21(4,5)6)10-7-8-11-24-14-15(25(30)31)13-16(24)17(26)27/h13-14H,7-12H2,1-6H3,(H,22,28)(H,26,27). The van der Waals surface area contributed by atoms with Crippen molar-refractivity contribution in [2.75, 3.05) is 19.6 Å². The molecule has 0 unspecified atom stereocenters. The number of hydrogen-bond donors (Lipinski definition) is 2. The van der Waals surface area contributed by atoms with E-state index in [9.17, 15) is 29.6 Å². The van der Waals surface area contributed by atoms with E-state index in [2.05, 4.69) is 5.32 Å². The minimum Gasteiger partial charge on any atom is -0.477 e. The number of alkyl carbamates (subject to hydrolysis) is 1. The normalized spacial score (nSPS) is 11.6. The number of amides is 2. The number of carbonyl (C=O) groups is 3. The van der Waals surface area contributed by atoms with Crippen LogP contribution in [0.4, 0.5) is 15.3 Å². The first-order valence-electron chi connectivity index (χ1n) is 10.6. The van der Waals surface area contributed by atoms with Gasteiger partial charge in [-0.1, -0.05) is 0 Å². The molecule has 0 atom stereocenters. The highest BCUT2D eigenvalue weighted by Gasteiger charge is 2.23. The Hall–Kier alpha value is -3.31. The number of aromatic carboxylic acids is 1. The van der Waals surface area contributed by atoms with Gasteiger partial charge < -0.3 is 29.4 Å². The molecule has 0 aliphatic rings. The predicted octanol–water partition coefficient (Wildman–Crippen LogP) is 3.64. The molecule has 0 saturated carbocycles. The van der Waals surface area contributed by atoms with E-state index >= 15 is 0 Å². The molecule has 33 heavy (non-hydrogen) atoms. The summed E-state index contributed by atoms with van der Waals surface area (Å²) in [6.07, 6.45) is 0.986. The number of nitrogens with zero attached hydrogens (tertiary/aromatic N) is 3. The first-order valence-corrected chi connectivity index (χ1v) is 10.6. The molecule has 1 rings (SSSR count). The summed E-state index contributed by atoms with van der Waals surface area (Å²) in [4.78, 5) is 47.4. The smallest absolute Gasteiger partial charge is 0.410 e. The number of carboxylic acids is 1. The van der Waals surface area contributed by atoms with Crippen molar-refractivity contribution in [2.24, 2.45) is 0 Å². The molecule has 2 amide bonds. The summed E-state index contributed by atoms with van der Waals surface area (Å²) >= 11 is 0. The lowest BCUT2D eigenvalue weighted by Crippen LogP contribution is -2.42. The van der Waals surface area contributed by atoms with Crippen LogP contribution in [0.5, 0.6) is 0 Å². The zero-order chi connectivity index (χ0) is 25.4. The molecular weight excluding hydrogens is 436 g/mol. The maximum atomic E-state index is 12.6. The third-order valence-corrected chi connectivity index (χ3v) is 4.09. The topological polar surface area (TPSA) is 153 Å². The lowest BCUT2D eigenvalue weighted by atomic mass is 10.2. The Morgan fingerprint density at radius 2 is 1.70 bits per heavy atom. The number of carboxylic acid groups (broad SMARTS) is 1. The molecule has 2 N–H and O–H groups in total. The van der Waals surface area contributed by atoms with Crippen LogP contribution in [-0.2, 0) is 16.0 Å². The zero-order valence-corrected chi connectivity index (χ0v) is 20.0. The van der Waals surface area contributed by atoms with Crippen LogP contribution in [0.15, 0.2) is 12.3 Å². The highest BCUT2D eigenvalue weighted by molar-refractivity contribution is 5.86. The molecule has 0 aliphatic heterocycles. The summed E-state index contributed by atoms with van der Waals surface area (Å²) < 4.78 is 11.9. The summed E-state index contributed by atoms with van der Waals surface area (Å²) in [5.74, 6) is -1.26. The molecule has 0 aliphatic carbocycles. The summed E-state index contributed by atoms with van der Waals surface area (Å²) in [6.45, 7) is 11.3. The maximum Gasteiger partial charge on any atom is 0.410 e. The molecule has 1 aromatic rings. The van der Waals surface area contributed by atoms with Crippen LogP contribution in [0.25, 0.3) is 0 Å². The lowest BCUT2D eigenvalue weighted by Gasteiger charge is -2.28. The van der Waals surface area contributed by atoms with Crippen LogP contribution in [0, 0.1) is 10.1 Å². The average molecular weight is 471 g/mol.